The van der Waals surface area contributed by atoms with E-state index in [-0.39, 0.29) is 11.7 Å². The maximum absolute atomic E-state index is 12.9. The summed E-state index contributed by atoms with van der Waals surface area (Å²) >= 11 is 0. The van der Waals surface area contributed by atoms with Gasteiger partial charge < -0.3 is 5.11 Å². The van der Waals surface area contributed by atoms with E-state index >= 15 is 0 Å². The molecule has 0 fully saturated rings. The first-order valence-corrected chi connectivity index (χ1v) is 8.25. The van der Waals surface area contributed by atoms with Crippen LogP contribution in [0.15, 0.2) is 54.6 Å². The SMILES string of the molecule is CC(C)Cc1c(O)c(-c2ccccc2)c2n1C(=O)c1ccccc1-2. The van der Waals surface area contributed by atoms with Crippen LogP contribution in [-0.4, -0.2) is 15.6 Å². The van der Waals surface area contributed by atoms with E-state index in [2.05, 4.69) is 13.8 Å². The largest absolute Gasteiger partial charge is 0.505 e. The van der Waals surface area contributed by atoms with Crippen molar-refractivity contribution < 1.29 is 9.90 Å². The van der Waals surface area contributed by atoms with Crippen LogP contribution in [0.5, 0.6) is 5.75 Å². The molecule has 0 radical (unpaired) electrons. The predicted octanol–water partition coefficient (Wildman–Crippen LogP) is 4.73. The Bertz CT molecular complexity index is 936. The number of fused-ring (bicyclic) bond motifs is 3. The van der Waals surface area contributed by atoms with Crippen LogP contribution < -0.4 is 0 Å². The molecule has 1 aliphatic heterocycles. The summed E-state index contributed by atoms with van der Waals surface area (Å²) in [5.41, 5.74) is 4.80. The molecule has 1 aliphatic rings. The predicted molar refractivity (Wildman–Crippen MR) is 95.2 cm³/mol. The molecule has 0 saturated carbocycles. The van der Waals surface area contributed by atoms with Gasteiger partial charge in [0, 0.05) is 11.1 Å². The van der Waals surface area contributed by atoms with Crippen LogP contribution in [0, 0.1) is 5.92 Å². The minimum absolute atomic E-state index is 0.0475. The molecule has 2 heterocycles. The van der Waals surface area contributed by atoms with Crippen LogP contribution in [0.1, 0.15) is 29.9 Å². The van der Waals surface area contributed by atoms with Crippen molar-refractivity contribution in [2.75, 3.05) is 0 Å². The van der Waals surface area contributed by atoms with Crippen molar-refractivity contribution in [1.82, 2.24) is 4.57 Å². The van der Waals surface area contributed by atoms with Gasteiger partial charge in [-0.2, -0.15) is 0 Å². The third kappa shape index (κ3) is 2.01. The summed E-state index contributed by atoms with van der Waals surface area (Å²) in [6, 6.07) is 17.4. The summed E-state index contributed by atoms with van der Waals surface area (Å²) in [7, 11) is 0. The molecule has 120 valence electrons. The van der Waals surface area contributed by atoms with Gasteiger partial charge in [-0.25, -0.2) is 0 Å². The van der Waals surface area contributed by atoms with E-state index in [0.29, 0.717) is 23.6 Å². The molecule has 4 rings (SSSR count). The first-order valence-electron chi connectivity index (χ1n) is 8.25. The number of carbonyl (C=O) groups excluding carboxylic acids is 1. The Hall–Kier alpha value is -2.81. The van der Waals surface area contributed by atoms with E-state index in [1.165, 1.54) is 0 Å². The third-order valence-electron chi connectivity index (χ3n) is 4.52. The van der Waals surface area contributed by atoms with E-state index in [1.54, 1.807) is 4.57 Å². The summed E-state index contributed by atoms with van der Waals surface area (Å²) in [5.74, 6) is 0.525. The molecule has 0 unspecified atom stereocenters. The number of aromatic nitrogens is 1. The summed E-state index contributed by atoms with van der Waals surface area (Å²) in [6.07, 6.45) is 0.658. The molecule has 24 heavy (non-hydrogen) atoms. The van der Waals surface area contributed by atoms with E-state index < -0.39 is 0 Å². The van der Waals surface area contributed by atoms with Gasteiger partial charge in [-0.1, -0.05) is 62.4 Å². The highest BCUT2D eigenvalue weighted by molar-refractivity contribution is 6.13. The molecule has 2 aromatic carbocycles. The van der Waals surface area contributed by atoms with Gasteiger partial charge in [0.1, 0.15) is 5.75 Å². The normalized spacial score (nSPS) is 12.5. The second kappa shape index (κ2) is 5.38. The average molecular weight is 317 g/mol. The Morgan fingerprint density at radius 3 is 2.25 bits per heavy atom. The fraction of sp³-hybridized carbons (Fsp3) is 0.190. The molecule has 3 heteroatoms. The molecule has 1 aromatic heterocycles. The lowest BCUT2D eigenvalue weighted by Gasteiger charge is -2.08. The highest BCUT2D eigenvalue weighted by Crippen LogP contribution is 2.48. The lowest BCUT2D eigenvalue weighted by Crippen LogP contribution is -2.11. The van der Waals surface area contributed by atoms with Gasteiger partial charge in [-0.05, 0) is 24.0 Å². The molecule has 0 bridgehead atoms. The Kier molecular flexibility index (Phi) is 3.31. The second-order valence-electron chi connectivity index (χ2n) is 6.67. The molecular formula is C21H19NO2. The molecule has 0 aliphatic carbocycles. The topological polar surface area (TPSA) is 42.2 Å². The van der Waals surface area contributed by atoms with Crippen molar-refractivity contribution in [1.29, 1.82) is 0 Å². The van der Waals surface area contributed by atoms with Crippen molar-refractivity contribution in [3.63, 3.8) is 0 Å². The van der Waals surface area contributed by atoms with E-state index in [1.807, 2.05) is 54.6 Å². The van der Waals surface area contributed by atoms with E-state index in [9.17, 15) is 9.90 Å². The van der Waals surface area contributed by atoms with E-state index in [0.717, 1.165) is 22.4 Å². The molecule has 0 amide bonds. The van der Waals surface area contributed by atoms with Crippen LogP contribution in [-0.2, 0) is 6.42 Å². The number of carbonyl (C=O) groups is 1. The zero-order valence-electron chi connectivity index (χ0n) is 13.8. The minimum atomic E-state index is -0.0475. The van der Waals surface area contributed by atoms with Crippen LogP contribution >= 0.6 is 0 Å². The van der Waals surface area contributed by atoms with Gasteiger partial charge >= 0.3 is 0 Å². The van der Waals surface area contributed by atoms with Crippen molar-refractivity contribution in [2.24, 2.45) is 5.92 Å². The molecule has 1 N–H and O–H groups in total. The van der Waals surface area contributed by atoms with Gasteiger partial charge in [0.2, 0.25) is 0 Å². The zero-order valence-corrected chi connectivity index (χ0v) is 13.8. The van der Waals surface area contributed by atoms with E-state index in [4.69, 9.17) is 0 Å². The Morgan fingerprint density at radius 2 is 1.58 bits per heavy atom. The van der Waals surface area contributed by atoms with Crippen LogP contribution in [0.2, 0.25) is 0 Å². The quantitative estimate of drug-likeness (QED) is 0.593. The Morgan fingerprint density at radius 1 is 0.958 bits per heavy atom. The van der Waals surface area contributed by atoms with Crippen molar-refractivity contribution in [3.8, 4) is 28.1 Å². The van der Waals surface area contributed by atoms with Crippen LogP contribution in [0.25, 0.3) is 22.4 Å². The molecular weight excluding hydrogens is 298 g/mol. The lowest BCUT2D eigenvalue weighted by molar-refractivity contribution is 0.0965. The lowest BCUT2D eigenvalue weighted by atomic mass is 9.98. The van der Waals surface area contributed by atoms with Gasteiger partial charge in [-0.3, -0.25) is 9.36 Å². The maximum Gasteiger partial charge on any atom is 0.263 e. The first kappa shape index (κ1) is 14.8. The molecule has 0 spiro atoms. The Labute approximate surface area is 141 Å². The number of hydrogen-bond donors (Lipinski definition) is 1. The highest BCUT2D eigenvalue weighted by atomic mass is 16.3. The summed E-state index contributed by atoms with van der Waals surface area (Å²) in [6.45, 7) is 4.18. The van der Waals surface area contributed by atoms with Crippen LogP contribution in [0.4, 0.5) is 0 Å². The monoisotopic (exact) mass is 317 g/mol. The van der Waals surface area contributed by atoms with Gasteiger partial charge in [-0.15, -0.1) is 0 Å². The Balaban J connectivity index is 2.07. The highest BCUT2D eigenvalue weighted by Gasteiger charge is 2.35. The molecule has 3 aromatic rings. The number of benzene rings is 2. The number of nitrogens with zero attached hydrogens (tertiary/aromatic N) is 1. The standard InChI is InChI=1S/C21H19NO2/c1-13(2)12-17-20(23)18(14-8-4-3-5-9-14)19-15-10-6-7-11-16(15)21(24)22(17)19/h3-11,13,23H,12H2,1-2H3. The first-order chi connectivity index (χ1) is 11.6. The van der Waals surface area contributed by atoms with Crippen molar-refractivity contribution >= 4 is 5.91 Å². The smallest absolute Gasteiger partial charge is 0.263 e. The zero-order chi connectivity index (χ0) is 16.8. The number of aromatic hydroxyl groups is 1. The van der Waals surface area contributed by atoms with Gasteiger partial charge in [0.25, 0.3) is 5.91 Å². The number of hydrogen-bond acceptors (Lipinski definition) is 2. The third-order valence-corrected chi connectivity index (χ3v) is 4.52. The summed E-state index contributed by atoms with van der Waals surface area (Å²) < 4.78 is 1.71. The number of rotatable bonds is 3. The average Bonchev–Trinajstić information content (AvgIpc) is 3.02. The maximum atomic E-state index is 12.9. The molecule has 0 atom stereocenters. The minimum Gasteiger partial charge on any atom is -0.505 e. The fourth-order valence-corrected chi connectivity index (χ4v) is 3.54. The van der Waals surface area contributed by atoms with Gasteiger partial charge in [0.15, 0.2) is 0 Å². The molecule has 0 saturated heterocycles. The summed E-state index contributed by atoms with van der Waals surface area (Å²) in [4.78, 5) is 12.9. The summed E-state index contributed by atoms with van der Waals surface area (Å²) in [5, 5.41) is 10.9. The van der Waals surface area contributed by atoms with Crippen LogP contribution in [0.3, 0.4) is 0 Å². The van der Waals surface area contributed by atoms with Crippen molar-refractivity contribution in [2.45, 2.75) is 20.3 Å². The second-order valence-corrected chi connectivity index (χ2v) is 6.67. The fourth-order valence-electron chi connectivity index (χ4n) is 3.54. The van der Waals surface area contributed by atoms with Gasteiger partial charge in [0.05, 0.1) is 17.0 Å². The van der Waals surface area contributed by atoms with Crippen molar-refractivity contribution in [3.05, 3.63) is 65.9 Å². The molecule has 3 nitrogen and oxygen atoms in total.